The Kier molecular flexibility index (Phi) is 7.56. The maximum Gasteiger partial charge on any atom is 0.319 e. The van der Waals surface area contributed by atoms with Crippen molar-refractivity contribution in [3.05, 3.63) is 0 Å². The van der Waals surface area contributed by atoms with Gasteiger partial charge < -0.3 is 4.74 Å². The molecule has 0 amide bonds. The van der Waals surface area contributed by atoms with Gasteiger partial charge in [0, 0.05) is 0 Å². The smallest absolute Gasteiger partial charge is 0.319 e. The van der Waals surface area contributed by atoms with Crippen molar-refractivity contribution in [1.29, 1.82) is 0 Å². The molecule has 0 aromatic rings. The summed E-state index contributed by atoms with van der Waals surface area (Å²) in [5.74, 6) is -0.131. The van der Waals surface area contributed by atoms with E-state index < -0.39 is 0 Å². The van der Waals surface area contributed by atoms with Crippen molar-refractivity contribution in [2.75, 3.05) is 6.61 Å². The zero-order valence-corrected chi connectivity index (χ0v) is 9.39. The minimum atomic E-state index is -0.131. The molecule has 2 nitrogen and oxygen atoms in total. The lowest BCUT2D eigenvalue weighted by Crippen LogP contribution is -2.16. The first-order chi connectivity index (χ1) is 5.72. The Morgan fingerprint density at radius 1 is 1.42 bits per heavy atom. The lowest BCUT2D eigenvalue weighted by atomic mass is 10.3. The molecule has 0 aromatic carbocycles. The van der Waals surface area contributed by atoms with Crippen LogP contribution in [0.5, 0.6) is 0 Å². The average Bonchev–Trinajstić information content (AvgIpc) is 2.10. The van der Waals surface area contributed by atoms with Crippen LogP contribution in [-0.2, 0) is 9.53 Å². The molecule has 0 saturated heterocycles. The van der Waals surface area contributed by atoms with Gasteiger partial charge in [-0.3, -0.25) is 4.79 Å². The van der Waals surface area contributed by atoms with E-state index in [0.29, 0.717) is 6.61 Å². The van der Waals surface area contributed by atoms with E-state index in [0.717, 1.165) is 25.7 Å². The van der Waals surface area contributed by atoms with Crippen molar-refractivity contribution in [2.45, 2.75) is 44.4 Å². The zero-order chi connectivity index (χ0) is 9.40. The molecular formula is C9H17BrO2. The summed E-state index contributed by atoms with van der Waals surface area (Å²) >= 11 is 3.24. The maximum absolute atomic E-state index is 11.1. The van der Waals surface area contributed by atoms with Crippen molar-refractivity contribution in [2.24, 2.45) is 0 Å². The molecule has 1 unspecified atom stereocenters. The first-order valence-electron chi connectivity index (χ1n) is 4.53. The quantitative estimate of drug-likeness (QED) is 0.403. The summed E-state index contributed by atoms with van der Waals surface area (Å²) in [7, 11) is 0. The first kappa shape index (κ1) is 11.9. The number of hydrogen-bond acceptors (Lipinski definition) is 2. The van der Waals surface area contributed by atoms with E-state index in [1.807, 2.05) is 6.92 Å². The van der Waals surface area contributed by atoms with Crippen molar-refractivity contribution < 1.29 is 9.53 Å². The van der Waals surface area contributed by atoms with Crippen LogP contribution in [0.2, 0.25) is 0 Å². The van der Waals surface area contributed by atoms with Crippen LogP contribution >= 0.6 is 15.9 Å². The van der Waals surface area contributed by atoms with Gasteiger partial charge in [0.15, 0.2) is 0 Å². The average molecular weight is 237 g/mol. The van der Waals surface area contributed by atoms with E-state index in [2.05, 4.69) is 22.9 Å². The number of carbonyl (C=O) groups is 1. The van der Waals surface area contributed by atoms with Crippen LogP contribution in [0, 0.1) is 0 Å². The molecule has 0 aliphatic heterocycles. The topological polar surface area (TPSA) is 26.3 Å². The maximum atomic E-state index is 11.1. The molecule has 0 saturated carbocycles. The van der Waals surface area contributed by atoms with E-state index in [1.54, 1.807) is 0 Å². The monoisotopic (exact) mass is 236 g/mol. The number of ether oxygens (including phenoxy) is 1. The van der Waals surface area contributed by atoms with Crippen LogP contribution < -0.4 is 0 Å². The van der Waals surface area contributed by atoms with E-state index >= 15 is 0 Å². The highest BCUT2D eigenvalue weighted by atomic mass is 79.9. The van der Waals surface area contributed by atoms with Crippen LogP contribution in [0.25, 0.3) is 0 Å². The summed E-state index contributed by atoms with van der Waals surface area (Å²) < 4.78 is 5.01. The van der Waals surface area contributed by atoms with E-state index in [9.17, 15) is 4.79 Å². The van der Waals surface area contributed by atoms with Gasteiger partial charge in [-0.15, -0.1) is 0 Å². The van der Waals surface area contributed by atoms with Gasteiger partial charge in [-0.1, -0.05) is 42.6 Å². The molecule has 72 valence electrons. The Bertz CT molecular complexity index is 126. The van der Waals surface area contributed by atoms with Crippen LogP contribution in [-0.4, -0.2) is 17.4 Å². The van der Waals surface area contributed by atoms with E-state index in [1.165, 1.54) is 0 Å². The second-order valence-corrected chi connectivity index (χ2v) is 3.86. The molecular weight excluding hydrogens is 220 g/mol. The number of alkyl halides is 1. The molecule has 0 bridgehead atoms. The van der Waals surface area contributed by atoms with Crippen LogP contribution in [0.3, 0.4) is 0 Å². The minimum absolute atomic E-state index is 0.126. The van der Waals surface area contributed by atoms with E-state index in [-0.39, 0.29) is 10.8 Å². The number of carbonyl (C=O) groups excluding carboxylic acids is 1. The normalized spacial score (nSPS) is 12.6. The fourth-order valence-corrected chi connectivity index (χ4v) is 0.914. The zero-order valence-electron chi connectivity index (χ0n) is 7.81. The Labute approximate surface area is 82.8 Å². The number of unbranched alkanes of at least 4 members (excludes halogenated alkanes) is 2. The standard InChI is InChI=1S/C9H17BrO2/c1-3-5-6-7-12-9(11)8(10)4-2/h8H,3-7H2,1-2H3. The predicted octanol–water partition coefficient (Wildman–Crippen LogP) is 2.89. The predicted molar refractivity (Wildman–Crippen MR) is 53.5 cm³/mol. The lowest BCUT2D eigenvalue weighted by molar-refractivity contribution is -0.142. The van der Waals surface area contributed by atoms with Crippen LogP contribution in [0.4, 0.5) is 0 Å². The van der Waals surface area contributed by atoms with Gasteiger partial charge in [-0.05, 0) is 12.8 Å². The summed E-state index contributed by atoms with van der Waals surface area (Å²) in [6.45, 7) is 4.64. The Hall–Kier alpha value is -0.0500. The lowest BCUT2D eigenvalue weighted by Gasteiger charge is -2.06. The third-order valence-corrected chi connectivity index (χ3v) is 2.63. The molecule has 0 aliphatic rings. The van der Waals surface area contributed by atoms with Gasteiger partial charge >= 0.3 is 5.97 Å². The summed E-state index contributed by atoms with van der Waals surface area (Å²) in [6.07, 6.45) is 4.05. The highest BCUT2D eigenvalue weighted by molar-refractivity contribution is 9.10. The molecule has 3 heteroatoms. The largest absolute Gasteiger partial charge is 0.465 e. The van der Waals surface area contributed by atoms with E-state index in [4.69, 9.17) is 4.74 Å². The third-order valence-electron chi connectivity index (χ3n) is 1.61. The molecule has 0 rings (SSSR count). The second kappa shape index (κ2) is 7.59. The summed E-state index contributed by atoms with van der Waals surface area (Å²) in [6, 6.07) is 0. The van der Waals surface area contributed by atoms with Gasteiger partial charge in [-0.2, -0.15) is 0 Å². The summed E-state index contributed by atoms with van der Waals surface area (Å²) in [5, 5.41) is 0. The van der Waals surface area contributed by atoms with Gasteiger partial charge in [-0.25, -0.2) is 0 Å². The van der Waals surface area contributed by atoms with Crippen LogP contribution in [0.15, 0.2) is 0 Å². The fourth-order valence-electron chi connectivity index (χ4n) is 0.782. The van der Waals surface area contributed by atoms with Gasteiger partial charge in [0.25, 0.3) is 0 Å². The minimum Gasteiger partial charge on any atom is -0.465 e. The molecule has 1 atom stereocenters. The SMILES string of the molecule is CCCCCOC(=O)C(Br)CC. The molecule has 12 heavy (non-hydrogen) atoms. The molecule has 0 aromatic heterocycles. The molecule has 0 radical (unpaired) electrons. The molecule has 0 fully saturated rings. The number of hydrogen-bond donors (Lipinski definition) is 0. The second-order valence-electron chi connectivity index (χ2n) is 2.75. The number of esters is 1. The number of rotatable bonds is 6. The van der Waals surface area contributed by atoms with Gasteiger partial charge in [0.2, 0.25) is 0 Å². The van der Waals surface area contributed by atoms with Crippen LogP contribution in [0.1, 0.15) is 39.5 Å². The van der Waals surface area contributed by atoms with Crippen molar-refractivity contribution in [1.82, 2.24) is 0 Å². The molecule has 0 heterocycles. The Morgan fingerprint density at radius 2 is 2.08 bits per heavy atom. The highest BCUT2D eigenvalue weighted by Crippen LogP contribution is 2.07. The summed E-state index contributed by atoms with van der Waals surface area (Å²) in [4.78, 5) is 10.9. The molecule has 0 N–H and O–H groups in total. The highest BCUT2D eigenvalue weighted by Gasteiger charge is 2.12. The Morgan fingerprint density at radius 3 is 2.58 bits per heavy atom. The molecule has 0 aliphatic carbocycles. The van der Waals surface area contributed by atoms with Crippen molar-refractivity contribution in [3.8, 4) is 0 Å². The Balaban J connectivity index is 3.31. The van der Waals surface area contributed by atoms with Gasteiger partial charge in [0.1, 0.15) is 4.83 Å². The summed E-state index contributed by atoms with van der Waals surface area (Å²) in [5.41, 5.74) is 0. The van der Waals surface area contributed by atoms with Gasteiger partial charge in [0.05, 0.1) is 6.61 Å². The number of halogens is 1. The van der Waals surface area contributed by atoms with Crippen molar-refractivity contribution >= 4 is 21.9 Å². The van der Waals surface area contributed by atoms with Crippen molar-refractivity contribution in [3.63, 3.8) is 0 Å². The molecule has 0 spiro atoms. The first-order valence-corrected chi connectivity index (χ1v) is 5.44. The third kappa shape index (κ3) is 5.58. The fraction of sp³-hybridized carbons (Fsp3) is 0.889.